The lowest BCUT2D eigenvalue weighted by atomic mass is 10.1. The lowest BCUT2D eigenvalue weighted by Gasteiger charge is -2.15. The van der Waals surface area contributed by atoms with Crippen LogP contribution in [-0.2, 0) is 6.42 Å². The number of amides is 1. The van der Waals surface area contributed by atoms with Crippen molar-refractivity contribution in [3.63, 3.8) is 0 Å². The van der Waals surface area contributed by atoms with E-state index < -0.39 is 0 Å². The molecule has 1 aliphatic rings. The minimum absolute atomic E-state index is 0.0248. The van der Waals surface area contributed by atoms with Gasteiger partial charge in [-0.1, -0.05) is 30.3 Å². The third kappa shape index (κ3) is 4.51. The number of hydrogen-bond donors (Lipinski definition) is 1. The molecule has 5 heteroatoms. The number of ether oxygens (including phenoxy) is 2. The third-order valence-corrected chi connectivity index (χ3v) is 4.13. The van der Waals surface area contributed by atoms with E-state index in [0.29, 0.717) is 24.5 Å². The highest BCUT2D eigenvalue weighted by Gasteiger charge is 2.23. The molecule has 1 N–H and O–H groups in total. The highest BCUT2D eigenvalue weighted by atomic mass is 16.5. The Balaban J connectivity index is 1.55. The number of likely N-dealkylation sites (N-methyl/N-ethyl adjacent to an activating group) is 1. The van der Waals surface area contributed by atoms with Gasteiger partial charge in [0.1, 0.15) is 24.2 Å². The van der Waals surface area contributed by atoms with E-state index in [2.05, 4.69) is 11.4 Å². The Hall–Kier alpha value is -2.53. The molecule has 5 nitrogen and oxygen atoms in total. The summed E-state index contributed by atoms with van der Waals surface area (Å²) in [5.74, 6) is 1.38. The molecule has 3 rings (SSSR count). The molecular weight excluding hydrogens is 316 g/mol. The molecule has 0 radical (unpaired) electrons. The second-order valence-electron chi connectivity index (χ2n) is 6.41. The van der Waals surface area contributed by atoms with Crippen LogP contribution in [0.1, 0.15) is 15.9 Å². The fourth-order valence-corrected chi connectivity index (χ4v) is 2.79. The molecular formula is C20H24N2O3. The summed E-state index contributed by atoms with van der Waals surface area (Å²) in [4.78, 5) is 14.6. The summed E-state index contributed by atoms with van der Waals surface area (Å²) in [7, 11) is 3.98. The first-order chi connectivity index (χ1) is 12.1. The zero-order valence-corrected chi connectivity index (χ0v) is 14.7. The molecule has 1 atom stereocenters. The van der Waals surface area contributed by atoms with Gasteiger partial charge in [0.2, 0.25) is 0 Å². The molecule has 0 bridgehead atoms. The maximum absolute atomic E-state index is 12.5. The Bertz CT molecular complexity index is 705. The summed E-state index contributed by atoms with van der Waals surface area (Å²) in [6, 6.07) is 15.3. The van der Waals surface area contributed by atoms with Crippen molar-refractivity contribution in [1.82, 2.24) is 10.2 Å². The van der Waals surface area contributed by atoms with E-state index in [4.69, 9.17) is 9.47 Å². The van der Waals surface area contributed by atoms with Crippen molar-refractivity contribution in [2.24, 2.45) is 0 Å². The first-order valence-corrected chi connectivity index (χ1v) is 8.53. The third-order valence-electron chi connectivity index (χ3n) is 4.13. The first kappa shape index (κ1) is 17.3. The van der Waals surface area contributed by atoms with Gasteiger partial charge in [-0.15, -0.1) is 0 Å². The van der Waals surface area contributed by atoms with E-state index in [1.165, 1.54) is 5.56 Å². The highest BCUT2D eigenvalue weighted by molar-refractivity contribution is 5.96. The van der Waals surface area contributed by atoms with Crippen molar-refractivity contribution in [1.29, 1.82) is 0 Å². The molecule has 1 aliphatic heterocycles. The van der Waals surface area contributed by atoms with Crippen LogP contribution in [-0.4, -0.2) is 50.7 Å². The minimum atomic E-state index is -0.139. The van der Waals surface area contributed by atoms with Gasteiger partial charge >= 0.3 is 0 Å². The van der Waals surface area contributed by atoms with Crippen LogP contribution in [0.2, 0.25) is 0 Å². The lowest BCUT2D eigenvalue weighted by Crippen LogP contribution is -2.34. The molecule has 1 unspecified atom stereocenters. The van der Waals surface area contributed by atoms with Crippen LogP contribution in [0, 0.1) is 0 Å². The molecule has 2 aromatic rings. The van der Waals surface area contributed by atoms with Crippen LogP contribution in [0.25, 0.3) is 0 Å². The van der Waals surface area contributed by atoms with Gasteiger partial charge in [0, 0.05) is 13.0 Å². The Labute approximate surface area is 148 Å². The predicted octanol–water partition coefficient (Wildman–Crippen LogP) is 2.36. The Morgan fingerprint density at radius 1 is 1.20 bits per heavy atom. The van der Waals surface area contributed by atoms with E-state index in [9.17, 15) is 4.79 Å². The smallest absolute Gasteiger partial charge is 0.255 e. The standard InChI is InChI=1S/C20H24N2O3/c1-22(2)11-12-24-19-10-6-4-8-17(19)20(23)21-14-16-13-15-7-3-5-9-18(15)25-16/h3-10,16H,11-14H2,1-2H3,(H,21,23). The molecule has 0 aliphatic carbocycles. The topological polar surface area (TPSA) is 50.8 Å². The average Bonchev–Trinajstić information content (AvgIpc) is 3.03. The van der Waals surface area contributed by atoms with E-state index in [1.807, 2.05) is 55.4 Å². The van der Waals surface area contributed by atoms with E-state index in [-0.39, 0.29) is 12.0 Å². The number of rotatable bonds is 7. The Kier molecular flexibility index (Phi) is 5.56. The molecule has 0 saturated heterocycles. The maximum atomic E-state index is 12.5. The van der Waals surface area contributed by atoms with Crippen LogP contribution in [0.3, 0.4) is 0 Å². The number of nitrogens with one attached hydrogen (secondary N) is 1. The second-order valence-corrected chi connectivity index (χ2v) is 6.41. The molecule has 1 amide bonds. The summed E-state index contributed by atoms with van der Waals surface area (Å²) >= 11 is 0. The van der Waals surface area contributed by atoms with Crippen LogP contribution < -0.4 is 14.8 Å². The molecule has 0 saturated carbocycles. The van der Waals surface area contributed by atoms with Gasteiger partial charge in [0.05, 0.1) is 12.1 Å². The number of benzene rings is 2. The van der Waals surface area contributed by atoms with Crippen LogP contribution in [0.15, 0.2) is 48.5 Å². The van der Waals surface area contributed by atoms with Crippen molar-refractivity contribution in [2.75, 3.05) is 33.8 Å². The average molecular weight is 340 g/mol. The SMILES string of the molecule is CN(C)CCOc1ccccc1C(=O)NCC1Cc2ccccc2O1. The van der Waals surface area contributed by atoms with Gasteiger partial charge in [-0.2, -0.15) is 0 Å². The summed E-state index contributed by atoms with van der Waals surface area (Å²) in [5, 5.41) is 2.96. The van der Waals surface area contributed by atoms with Crippen molar-refractivity contribution in [3.05, 3.63) is 59.7 Å². The summed E-state index contributed by atoms with van der Waals surface area (Å²) in [6.45, 7) is 1.81. The number of carbonyl (C=O) groups is 1. The molecule has 0 fully saturated rings. The van der Waals surface area contributed by atoms with Crippen LogP contribution in [0.5, 0.6) is 11.5 Å². The van der Waals surface area contributed by atoms with E-state index in [1.54, 1.807) is 6.07 Å². The lowest BCUT2D eigenvalue weighted by molar-refractivity contribution is 0.0929. The van der Waals surface area contributed by atoms with Gasteiger partial charge in [0.25, 0.3) is 5.91 Å². The zero-order valence-electron chi connectivity index (χ0n) is 14.7. The molecule has 2 aromatic carbocycles. The first-order valence-electron chi connectivity index (χ1n) is 8.53. The fraction of sp³-hybridized carbons (Fsp3) is 0.350. The van der Waals surface area contributed by atoms with Crippen LogP contribution in [0.4, 0.5) is 0 Å². The number of fused-ring (bicyclic) bond motifs is 1. The largest absolute Gasteiger partial charge is 0.491 e. The molecule has 0 spiro atoms. The van der Waals surface area contributed by atoms with Crippen molar-refractivity contribution in [3.8, 4) is 11.5 Å². The summed E-state index contributed by atoms with van der Waals surface area (Å²) in [5.41, 5.74) is 1.74. The normalized spacial score (nSPS) is 15.6. The van der Waals surface area contributed by atoms with E-state index >= 15 is 0 Å². The second kappa shape index (κ2) is 8.03. The molecule has 25 heavy (non-hydrogen) atoms. The number of carbonyl (C=O) groups excluding carboxylic acids is 1. The molecule has 0 aromatic heterocycles. The minimum Gasteiger partial charge on any atom is -0.491 e. The van der Waals surface area contributed by atoms with Crippen molar-refractivity contribution in [2.45, 2.75) is 12.5 Å². The number of hydrogen-bond acceptors (Lipinski definition) is 4. The van der Waals surface area contributed by atoms with Gasteiger partial charge in [-0.05, 0) is 37.9 Å². The van der Waals surface area contributed by atoms with Crippen LogP contribution >= 0.6 is 0 Å². The molecule has 1 heterocycles. The number of para-hydroxylation sites is 2. The Morgan fingerprint density at radius 3 is 2.76 bits per heavy atom. The van der Waals surface area contributed by atoms with Gasteiger partial charge in [-0.25, -0.2) is 0 Å². The maximum Gasteiger partial charge on any atom is 0.255 e. The van der Waals surface area contributed by atoms with Crippen molar-refractivity contribution >= 4 is 5.91 Å². The highest BCUT2D eigenvalue weighted by Crippen LogP contribution is 2.27. The Morgan fingerprint density at radius 2 is 1.96 bits per heavy atom. The zero-order chi connectivity index (χ0) is 17.6. The van der Waals surface area contributed by atoms with Crippen molar-refractivity contribution < 1.29 is 14.3 Å². The monoisotopic (exact) mass is 340 g/mol. The molecule has 132 valence electrons. The quantitative estimate of drug-likeness (QED) is 0.841. The predicted molar refractivity (Wildman–Crippen MR) is 97.4 cm³/mol. The summed E-state index contributed by atoms with van der Waals surface area (Å²) in [6.07, 6.45) is 0.792. The van der Waals surface area contributed by atoms with Gasteiger partial charge in [-0.3, -0.25) is 4.79 Å². The summed E-state index contributed by atoms with van der Waals surface area (Å²) < 4.78 is 11.6. The van der Waals surface area contributed by atoms with Gasteiger partial charge < -0.3 is 19.7 Å². The number of nitrogens with zero attached hydrogens (tertiary/aromatic N) is 1. The fourth-order valence-electron chi connectivity index (χ4n) is 2.79. The van der Waals surface area contributed by atoms with Gasteiger partial charge in [0.15, 0.2) is 0 Å². The van der Waals surface area contributed by atoms with E-state index in [0.717, 1.165) is 18.7 Å².